The van der Waals surface area contributed by atoms with Crippen LogP contribution >= 0.6 is 0 Å². The van der Waals surface area contributed by atoms with E-state index >= 15 is 0 Å². The summed E-state index contributed by atoms with van der Waals surface area (Å²) in [5.74, 6) is -1.10. The lowest BCUT2D eigenvalue weighted by Gasteiger charge is -2.37. The molecule has 7 aromatic rings. The average molecular weight is 903 g/mol. The summed E-state index contributed by atoms with van der Waals surface area (Å²) < 4.78 is 10.3. The number of unbranched alkanes of at least 4 members (excludes halogenated alkanes) is 1. The lowest BCUT2D eigenvalue weighted by molar-refractivity contribution is -0.384. The summed E-state index contributed by atoms with van der Waals surface area (Å²) in [6.07, 6.45) is 0.717. The van der Waals surface area contributed by atoms with Crippen molar-refractivity contribution in [3.63, 3.8) is 0 Å². The summed E-state index contributed by atoms with van der Waals surface area (Å²) in [5.41, 5.74) is 5.99. The van der Waals surface area contributed by atoms with Gasteiger partial charge in [0.25, 0.3) is 5.69 Å². The van der Waals surface area contributed by atoms with Crippen LogP contribution in [0.4, 0.5) is 21.0 Å². The summed E-state index contributed by atoms with van der Waals surface area (Å²) in [5, 5.41) is 33.5. The van der Waals surface area contributed by atoms with Gasteiger partial charge in [0.1, 0.15) is 24.4 Å². The Hall–Kier alpha value is -8.30. The van der Waals surface area contributed by atoms with Crippen LogP contribution in [0, 0.1) is 17.0 Å². The first-order chi connectivity index (χ1) is 32.5. The largest absolute Gasteiger partial charge is 0.514 e. The number of H-pyrrole nitrogens is 1. The van der Waals surface area contributed by atoms with Crippen LogP contribution in [0.2, 0.25) is 0 Å². The topological polar surface area (TPSA) is 214 Å². The molecular formula is C52H50N6O9. The molecule has 67 heavy (non-hydrogen) atoms. The maximum atomic E-state index is 14.1. The molecule has 2 atom stereocenters. The summed E-state index contributed by atoms with van der Waals surface area (Å²) in [4.78, 5) is 66.0. The zero-order valence-corrected chi connectivity index (χ0v) is 36.6. The van der Waals surface area contributed by atoms with Crippen LogP contribution < -0.4 is 26.0 Å². The molecule has 0 spiro atoms. The molecule has 7 rings (SSSR count). The van der Waals surface area contributed by atoms with Crippen molar-refractivity contribution < 1.29 is 38.7 Å². The Morgan fingerprint density at radius 3 is 1.99 bits per heavy atom. The van der Waals surface area contributed by atoms with E-state index in [1.165, 1.54) is 24.3 Å². The number of non-ortho nitro benzene ring substituents is 1. The first-order valence-corrected chi connectivity index (χ1v) is 21.8. The van der Waals surface area contributed by atoms with E-state index in [4.69, 9.17) is 9.47 Å². The van der Waals surface area contributed by atoms with E-state index in [1.54, 1.807) is 30.5 Å². The molecule has 15 nitrogen and oxygen atoms in total. The van der Waals surface area contributed by atoms with Gasteiger partial charge in [0.15, 0.2) is 0 Å². The van der Waals surface area contributed by atoms with Crippen molar-refractivity contribution in [3.05, 3.63) is 207 Å². The number of carbonyl (C=O) groups excluding carboxylic acids is 3. The van der Waals surface area contributed by atoms with Crippen LogP contribution in [-0.4, -0.2) is 57.7 Å². The molecule has 0 aliphatic carbocycles. The van der Waals surface area contributed by atoms with E-state index < -0.39 is 46.6 Å². The molecule has 1 heterocycles. The molecule has 2 unspecified atom stereocenters. The fourth-order valence-electron chi connectivity index (χ4n) is 7.97. The lowest BCUT2D eigenvalue weighted by atomic mass is 9.76. The van der Waals surface area contributed by atoms with Crippen LogP contribution in [0.5, 0.6) is 5.75 Å². The molecule has 6 N–H and O–H groups in total. The Balaban J connectivity index is 1.05. The van der Waals surface area contributed by atoms with Gasteiger partial charge in [-0.2, -0.15) is 0 Å². The van der Waals surface area contributed by atoms with Crippen molar-refractivity contribution >= 4 is 46.3 Å². The molecule has 0 saturated heterocycles. The van der Waals surface area contributed by atoms with Crippen molar-refractivity contribution in [2.24, 2.45) is 0 Å². The first kappa shape index (κ1) is 46.7. The number of nitro benzene ring substituents is 1. The molecule has 3 amide bonds. The van der Waals surface area contributed by atoms with Gasteiger partial charge in [-0.1, -0.05) is 121 Å². The van der Waals surface area contributed by atoms with Crippen molar-refractivity contribution in [3.8, 4) is 5.75 Å². The minimum Gasteiger partial charge on any atom is -0.465 e. The van der Waals surface area contributed by atoms with E-state index in [9.17, 15) is 34.4 Å². The van der Waals surface area contributed by atoms with Gasteiger partial charge in [-0.3, -0.25) is 25.0 Å². The second kappa shape index (κ2) is 22.1. The molecule has 0 aliphatic rings. The number of hydrogen-bond acceptors (Lipinski definition) is 9. The minimum atomic E-state index is -1.38. The van der Waals surface area contributed by atoms with Gasteiger partial charge in [0.05, 0.1) is 10.5 Å². The molecule has 0 aliphatic heterocycles. The average Bonchev–Trinajstić information content (AvgIpc) is 3.75. The Bertz CT molecular complexity index is 2740. The predicted octanol–water partition coefficient (Wildman–Crippen LogP) is 9.15. The number of anilines is 1. The number of ether oxygens (including phenoxy) is 2. The third kappa shape index (κ3) is 12.1. The first-order valence-electron chi connectivity index (χ1n) is 21.8. The minimum absolute atomic E-state index is 0.0332. The third-order valence-corrected chi connectivity index (χ3v) is 11.4. The summed E-state index contributed by atoms with van der Waals surface area (Å²) in [6, 6.07) is 45.6. The monoisotopic (exact) mass is 902 g/mol. The summed E-state index contributed by atoms with van der Waals surface area (Å²) >= 11 is 0. The van der Waals surface area contributed by atoms with E-state index in [0.29, 0.717) is 30.6 Å². The van der Waals surface area contributed by atoms with Crippen molar-refractivity contribution in [2.45, 2.75) is 56.8 Å². The fourth-order valence-corrected chi connectivity index (χ4v) is 7.97. The Labute approximate surface area is 386 Å². The van der Waals surface area contributed by atoms with Gasteiger partial charge in [0, 0.05) is 41.3 Å². The molecule has 15 heteroatoms. The number of fused-ring (bicyclic) bond motifs is 1. The lowest BCUT2D eigenvalue weighted by Crippen LogP contribution is -2.53. The van der Waals surface area contributed by atoms with E-state index in [1.807, 2.05) is 60.7 Å². The highest BCUT2D eigenvalue weighted by Crippen LogP contribution is 2.37. The Morgan fingerprint density at radius 1 is 0.716 bits per heavy atom. The number of nitrogens with one attached hydrogen (secondary N) is 5. The molecule has 0 radical (unpaired) electrons. The van der Waals surface area contributed by atoms with Crippen LogP contribution in [0.25, 0.3) is 10.9 Å². The zero-order chi connectivity index (χ0) is 47.2. The van der Waals surface area contributed by atoms with Gasteiger partial charge >= 0.3 is 12.2 Å². The van der Waals surface area contributed by atoms with Gasteiger partial charge in [-0.25, -0.2) is 9.59 Å². The number of hydrogen-bond donors (Lipinski definition) is 6. The second-order valence-electron chi connectivity index (χ2n) is 16.0. The quantitative estimate of drug-likeness (QED) is 0.0107. The Kier molecular flexibility index (Phi) is 15.4. The predicted molar refractivity (Wildman–Crippen MR) is 254 cm³/mol. The standard InChI is InChI=1S/C52H50N6O9/c1-35-19-23-40(24-20-35)52(38-12-4-2-5-13-38,39-14-6-3-7-15-39)54-31-11-10-18-46(56-49(60)47(57-50(61)62)32-37-33-53-45-17-9-8-16-44(37)45)48(59)55-41-25-21-36(22-26-41)34-66-51(63)67-43-29-27-42(28-30-43)58(64)65/h2-9,12-17,19-30,33,46-47,53-54,57H,10-11,18,31-32,34H2,1H3,(H,55,59)(H,56,60)(H,61,62). The van der Waals surface area contributed by atoms with Crippen molar-refractivity contribution in [1.82, 2.24) is 20.9 Å². The number of para-hydroxylation sites is 1. The van der Waals surface area contributed by atoms with Crippen LogP contribution in [0.15, 0.2) is 164 Å². The van der Waals surface area contributed by atoms with E-state index in [0.717, 1.165) is 38.7 Å². The molecule has 6 aromatic carbocycles. The number of carboxylic acid groups (broad SMARTS) is 1. The van der Waals surface area contributed by atoms with Gasteiger partial charge in [0.2, 0.25) is 11.8 Å². The summed E-state index contributed by atoms with van der Waals surface area (Å²) in [7, 11) is 0. The van der Waals surface area contributed by atoms with Crippen molar-refractivity contribution in [1.29, 1.82) is 0 Å². The highest BCUT2D eigenvalue weighted by atomic mass is 16.7. The SMILES string of the molecule is Cc1ccc(C(NCCCCC(NC(=O)C(Cc2c[nH]c3ccccc23)NC(=O)O)C(=O)Nc2ccc(COC(=O)Oc3ccc([N+](=O)[O-])cc3)cc2)(c2ccccc2)c2ccccc2)cc1. The Morgan fingerprint density at radius 2 is 1.34 bits per heavy atom. The molecule has 0 fully saturated rings. The molecule has 0 saturated carbocycles. The van der Waals surface area contributed by atoms with Crippen molar-refractivity contribution in [2.75, 3.05) is 11.9 Å². The number of benzene rings is 6. The number of carbonyl (C=O) groups is 4. The van der Waals surface area contributed by atoms with Gasteiger partial charge in [-0.15, -0.1) is 0 Å². The number of amides is 3. The molecular weight excluding hydrogens is 853 g/mol. The maximum Gasteiger partial charge on any atom is 0.514 e. The highest BCUT2D eigenvalue weighted by Gasteiger charge is 2.36. The second-order valence-corrected chi connectivity index (χ2v) is 16.0. The smallest absolute Gasteiger partial charge is 0.465 e. The number of aromatic amines is 1. The fraction of sp³-hybridized carbons (Fsp3) is 0.192. The molecule has 1 aromatic heterocycles. The number of nitro groups is 1. The molecule has 342 valence electrons. The number of nitrogens with zero attached hydrogens (tertiary/aromatic N) is 1. The summed E-state index contributed by atoms with van der Waals surface area (Å²) in [6.45, 7) is 2.42. The normalized spacial score (nSPS) is 12.1. The number of aromatic nitrogens is 1. The van der Waals surface area contributed by atoms with E-state index in [-0.39, 0.29) is 30.9 Å². The van der Waals surface area contributed by atoms with Gasteiger partial charge in [-0.05, 0) is 90.9 Å². The van der Waals surface area contributed by atoms with Crippen LogP contribution in [-0.2, 0) is 32.9 Å². The van der Waals surface area contributed by atoms with Crippen LogP contribution in [0.3, 0.4) is 0 Å². The van der Waals surface area contributed by atoms with Crippen LogP contribution in [0.1, 0.15) is 52.6 Å². The zero-order valence-electron chi connectivity index (χ0n) is 36.6. The molecule has 0 bridgehead atoms. The highest BCUT2D eigenvalue weighted by molar-refractivity contribution is 5.98. The third-order valence-electron chi connectivity index (χ3n) is 11.4. The van der Waals surface area contributed by atoms with E-state index in [2.05, 4.69) is 81.7 Å². The maximum absolute atomic E-state index is 14.1. The number of rotatable bonds is 20. The van der Waals surface area contributed by atoms with Gasteiger partial charge < -0.3 is 35.5 Å². The number of aryl methyl sites for hydroxylation is 1.